The highest BCUT2D eigenvalue weighted by atomic mass is 79.9. The molecule has 0 fully saturated rings. The molecule has 0 aromatic heterocycles. The normalized spacial score (nSPS) is 21.9. The maximum atomic E-state index is 12.1. The summed E-state index contributed by atoms with van der Waals surface area (Å²) in [5.74, 6) is 2.33. The van der Waals surface area contributed by atoms with Gasteiger partial charge in [0.15, 0.2) is 11.5 Å². The van der Waals surface area contributed by atoms with Crippen LogP contribution in [-0.4, -0.2) is 39.7 Å². The number of benzene rings is 2. The highest BCUT2D eigenvalue weighted by Crippen LogP contribution is 2.43. The largest absolute Gasteiger partial charge is 0.401 e. The maximum absolute atomic E-state index is 12.1. The average molecular weight is 475 g/mol. The number of rotatable bonds is 6. The van der Waals surface area contributed by atoms with Crippen LogP contribution in [0.3, 0.4) is 0 Å². The molecule has 6 nitrogen and oxygen atoms in total. The summed E-state index contributed by atoms with van der Waals surface area (Å²) < 4.78 is 18.7. The molecule has 2 aliphatic heterocycles. The van der Waals surface area contributed by atoms with Crippen molar-refractivity contribution in [3.63, 3.8) is 0 Å². The smallest absolute Gasteiger partial charge is 0.206 e. The van der Waals surface area contributed by atoms with Crippen LogP contribution in [0.5, 0.6) is 5.75 Å². The summed E-state index contributed by atoms with van der Waals surface area (Å²) >= 11 is 2.21. The number of hydrogen-bond acceptors (Lipinski definition) is 6. The third-order valence-electron chi connectivity index (χ3n) is 4.99. The molecule has 0 aliphatic carbocycles. The van der Waals surface area contributed by atoms with Gasteiger partial charge in [-0.05, 0) is 48.2 Å². The van der Waals surface area contributed by atoms with E-state index in [1.54, 1.807) is 0 Å². The Kier molecular flexibility index (Phi) is 5.74. The Labute approximate surface area is 181 Å². The first-order valence-electron chi connectivity index (χ1n) is 9.65. The Balaban J connectivity index is 1.87. The topological polar surface area (TPSA) is 80.3 Å². The van der Waals surface area contributed by atoms with E-state index < -0.39 is 16.6 Å². The van der Waals surface area contributed by atoms with Gasteiger partial charge in [-0.1, -0.05) is 47.1 Å². The molecule has 0 radical (unpaired) electrons. The van der Waals surface area contributed by atoms with E-state index in [1.165, 1.54) is 0 Å². The monoisotopic (exact) mass is 474 g/mol. The second-order valence-electron chi connectivity index (χ2n) is 7.02. The van der Waals surface area contributed by atoms with Crippen molar-refractivity contribution in [2.45, 2.75) is 25.3 Å². The van der Waals surface area contributed by atoms with E-state index in [9.17, 15) is 4.21 Å². The molecule has 0 saturated heterocycles. The van der Waals surface area contributed by atoms with Gasteiger partial charge in [0.25, 0.3) is 0 Å². The summed E-state index contributed by atoms with van der Waals surface area (Å²) in [4.78, 5) is 11.8. The predicted molar refractivity (Wildman–Crippen MR) is 121 cm³/mol. The highest BCUT2D eigenvalue weighted by Gasteiger charge is 2.49. The number of halogens is 1. The van der Waals surface area contributed by atoms with Gasteiger partial charge in [-0.25, -0.2) is 9.20 Å². The standard InChI is InChI=1S/C21H23BrN4O2S/c1-2-12-29(27)28-18-9-4-7-16(14-18)21(15-6-3-8-17(22)13-15)19-24-10-5-11-26(19)20(23)25-21/h3-4,6-9,13-14H,2,5,10-12H2,1H3,(H2,23,25). The lowest BCUT2D eigenvalue weighted by Crippen LogP contribution is -2.46. The summed E-state index contributed by atoms with van der Waals surface area (Å²) in [6.45, 7) is 3.51. The van der Waals surface area contributed by atoms with Crippen molar-refractivity contribution < 1.29 is 8.39 Å². The summed E-state index contributed by atoms with van der Waals surface area (Å²) in [6.07, 6.45) is 1.73. The molecule has 2 unspecified atom stereocenters. The Morgan fingerprint density at radius 3 is 2.76 bits per heavy atom. The van der Waals surface area contributed by atoms with Crippen molar-refractivity contribution in [3.05, 3.63) is 64.1 Å². The van der Waals surface area contributed by atoms with E-state index in [2.05, 4.69) is 15.9 Å². The van der Waals surface area contributed by atoms with Crippen LogP contribution in [0.4, 0.5) is 0 Å². The average Bonchev–Trinajstić information content (AvgIpc) is 3.02. The van der Waals surface area contributed by atoms with Crippen LogP contribution in [0.2, 0.25) is 0 Å². The molecule has 4 rings (SSSR count). The molecule has 8 heteroatoms. The van der Waals surface area contributed by atoms with Crippen LogP contribution in [-0.2, 0) is 16.6 Å². The second kappa shape index (κ2) is 8.28. The number of aliphatic imine (C=N–C) groups is 2. The zero-order chi connectivity index (χ0) is 20.4. The van der Waals surface area contributed by atoms with Crippen LogP contribution < -0.4 is 9.92 Å². The molecule has 0 saturated carbocycles. The molecule has 29 heavy (non-hydrogen) atoms. The van der Waals surface area contributed by atoms with Crippen molar-refractivity contribution >= 4 is 38.8 Å². The molecule has 2 aromatic rings. The van der Waals surface area contributed by atoms with E-state index in [0.29, 0.717) is 17.5 Å². The molecule has 2 aromatic carbocycles. The van der Waals surface area contributed by atoms with Gasteiger partial charge in [-0.15, -0.1) is 0 Å². The van der Waals surface area contributed by atoms with Crippen LogP contribution in [0.15, 0.2) is 63.0 Å². The van der Waals surface area contributed by atoms with Crippen LogP contribution in [0.25, 0.3) is 0 Å². The zero-order valence-electron chi connectivity index (χ0n) is 16.2. The highest BCUT2D eigenvalue weighted by molar-refractivity contribution is 9.10. The van der Waals surface area contributed by atoms with Crippen LogP contribution >= 0.6 is 15.9 Å². The molecule has 0 spiro atoms. The minimum Gasteiger partial charge on any atom is -0.401 e. The maximum Gasteiger partial charge on any atom is 0.206 e. The lowest BCUT2D eigenvalue weighted by atomic mass is 9.82. The van der Waals surface area contributed by atoms with E-state index in [1.807, 2.05) is 60.4 Å². The van der Waals surface area contributed by atoms with Gasteiger partial charge >= 0.3 is 0 Å². The van der Waals surface area contributed by atoms with E-state index >= 15 is 0 Å². The zero-order valence-corrected chi connectivity index (χ0v) is 18.6. The van der Waals surface area contributed by atoms with Crippen molar-refractivity contribution in [2.75, 3.05) is 18.8 Å². The van der Waals surface area contributed by atoms with E-state index in [0.717, 1.165) is 47.4 Å². The molecular weight excluding hydrogens is 452 g/mol. The fraction of sp³-hybridized carbons (Fsp3) is 0.333. The van der Waals surface area contributed by atoms with Crippen molar-refractivity contribution in [1.82, 2.24) is 4.90 Å². The Bertz CT molecular complexity index is 1010. The molecule has 0 bridgehead atoms. The van der Waals surface area contributed by atoms with Gasteiger partial charge in [0.05, 0.1) is 5.75 Å². The van der Waals surface area contributed by atoms with Gasteiger partial charge in [0, 0.05) is 17.6 Å². The van der Waals surface area contributed by atoms with Crippen molar-refractivity contribution in [3.8, 4) is 5.75 Å². The fourth-order valence-electron chi connectivity index (χ4n) is 3.78. The summed E-state index contributed by atoms with van der Waals surface area (Å²) in [5.41, 5.74) is 7.32. The first kappa shape index (κ1) is 20.1. The van der Waals surface area contributed by atoms with Gasteiger partial charge < -0.3 is 9.92 Å². The predicted octanol–water partition coefficient (Wildman–Crippen LogP) is 3.58. The van der Waals surface area contributed by atoms with Crippen molar-refractivity contribution in [1.29, 1.82) is 0 Å². The van der Waals surface area contributed by atoms with Gasteiger partial charge in [0.1, 0.15) is 11.6 Å². The number of amidine groups is 1. The number of nitrogens with zero attached hydrogens (tertiary/aromatic N) is 3. The number of guanidine groups is 1. The third-order valence-corrected chi connectivity index (χ3v) is 6.61. The van der Waals surface area contributed by atoms with Gasteiger partial charge in [-0.3, -0.25) is 9.89 Å². The third kappa shape index (κ3) is 3.71. The number of hydrogen-bond donors (Lipinski definition) is 1. The van der Waals surface area contributed by atoms with Crippen LogP contribution in [0, 0.1) is 0 Å². The molecular formula is C21H23BrN4O2S. The van der Waals surface area contributed by atoms with Crippen molar-refractivity contribution in [2.24, 2.45) is 15.7 Å². The lowest BCUT2D eigenvalue weighted by molar-refractivity contribution is 0.530. The summed E-state index contributed by atoms with van der Waals surface area (Å²) in [6, 6.07) is 15.6. The SMILES string of the molecule is CCCS(=O)Oc1cccc(C2(c3cccc(Br)c3)N=C(N)N3CCCN=C32)c1. The van der Waals surface area contributed by atoms with E-state index in [-0.39, 0.29) is 0 Å². The molecule has 152 valence electrons. The second-order valence-corrected chi connectivity index (χ2v) is 9.12. The minimum atomic E-state index is -1.37. The molecule has 2 atom stereocenters. The Morgan fingerprint density at radius 2 is 2.00 bits per heavy atom. The van der Waals surface area contributed by atoms with E-state index in [4.69, 9.17) is 19.9 Å². The first-order valence-corrected chi connectivity index (χ1v) is 11.7. The van der Waals surface area contributed by atoms with Crippen LogP contribution in [0.1, 0.15) is 30.9 Å². The number of fused-ring (bicyclic) bond motifs is 1. The fourth-order valence-corrected chi connectivity index (χ4v) is 4.91. The Morgan fingerprint density at radius 1 is 1.24 bits per heavy atom. The lowest BCUT2D eigenvalue weighted by Gasteiger charge is -2.33. The first-order chi connectivity index (χ1) is 14.0. The minimum absolute atomic E-state index is 0.462. The molecule has 2 aliphatic rings. The van der Waals surface area contributed by atoms with Gasteiger partial charge in [0.2, 0.25) is 11.1 Å². The molecule has 0 amide bonds. The number of nitrogens with two attached hydrogens (primary N) is 1. The summed E-state index contributed by atoms with van der Waals surface area (Å²) in [5, 5.41) is 0. The molecule has 2 heterocycles. The quantitative estimate of drug-likeness (QED) is 0.693. The Hall–Kier alpha value is -2.19. The van der Waals surface area contributed by atoms with Gasteiger partial charge in [-0.2, -0.15) is 0 Å². The molecule has 2 N–H and O–H groups in total. The summed E-state index contributed by atoms with van der Waals surface area (Å²) in [7, 11) is 0.